The molecule has 1 atom stereocenters. The minimum Gasteiger partial charge on any atom is -0.396 e. The van der Waals surface area contributed by atoms with Gasteiger partial charge in [0, 0.05) is 0 Å². The molecule has 2 aromatic carbocycles. The van der Waals surface area contributed by atoms with Gasteiger partial charge in [0.1, 0.15) is 5.82 Å². The van der Waals surface area contributed by atoms with Gasteiger partial charge in [-0.25, -0.2) is 12.8 Å². The zero-order valence-corrected chi connectivity index (χ0v) is 11.2. The van der Waals surface area contributed by atoms with E-state index in [2.05, 4.69) is 0 Å². The lowest BCUT2D eigenvalue weighted by Gasteiger charge is -2.13. The van der Waals surface area contributed by atoms with Gasteiger partial charge in [0.25, 0.3) is 0 Å². The summed E-state index contributed by atoms with van der Waals surface area (Å²) < 4.78 is 38.2. The number of anilines is 1. The standard InChI is InChI=1S/C14H14FNO2S/c1-10(11-5-3-2-4-6-11)19(17,18)12-7-8-14(16)13(15)9-12/h2-10H,16H2,1H3. The van der Waals surface area contributed by atoms with Gasteiger partial charge in [-0.2, -0.15) is 0 Å². The van der Waals surface area contributed by atoms with Crippen molar-refractivity contribution in [1.29, 1.82) is 0 Å². The summed E-state index contributed by atoms with van der Waals surface area (Å²) in [7, 11) is -3.63. The van der Waals surface area contributed by atoms with Crippen LogP contribution in [-0.4, -0.2) is 8.42 Å². The van der Waals surface area contributed by atoms with E-state index in [-0.39, 0.29) is 10.6 Å². The van der Waals surface area contributed by atoms with Crippen LogP contribution in [0.2, 0.25) is 0 Å². The number of hydrogen-bond donors (Lipinski definition) is 1. The Morgan fingerprint density at radius 3 is 2.32 bits per heavy atom. The number of benzene rings is 2. The highest BCUT2D eigenvalue weighted by atomic mass is 32.2. The molecule has 100 valence electrons. The molecule has 0 aliphatic carbocycles. The number of nitrogen functional groups attached to an aromatic ring is 1. The number of nitrogens with two attached hydrogens (primary N) is 1. The minimum atomic E-state index is -3.63. The number of halogens is 1. The summed E-state index contributed by atoms with van der Waals surface area (Å²) in [5.74, 6) is -0.721. The van der Waals surface area contributed by atoms with Crippen molar-refractivity contribution in [2.75, 3.05) is 5.73 Å². The Labute approximate surface area is 111 Å². The zero-order chi connectivity index (χ0) is 14.0. The van der Waals surface area contributed by atoms with Crippen molar-refractivity contribution >= 4 is 15.5 Å². The predicted molar refractivity (Wildman–Crippen MR) is 72.9 cm³/mol. The molecule has 3 nitrogen and oxygen atoms in total. The van der Waals surface area contributed by atoms with Gasteiger partial charge in [0.15, 0.2) is 9.84 Å². The van der Waals surface area contributed by atoms with Gasteiger partial charge < -0.3 is 5.73 Å². The molecule has 19 heavy (non-hydrogen) atoms. The van der Waals surface area contributed by atoms with Crippen LogP contribution < -0.4 is 5.73 Å². The second-order valence-electron chi connectivity index (χ2n) is 4.28. The van der Waals surface area contributed by atoms with Gasteiger partial charge in [-0.15, -0.1) is 0 Å². The molecule has 1 unspecified atom stereocenters. The van der Waals surface area contributed by atoms with Gasteiger partial charge in [-0.05, 0) is 30.7 Å². The molecule has 0 bridgehead atoms. The molecule has 2 rings (SSSR count). The van der Waals surface area contributed by atoms with E-state index >= 15 is 0 Å². The van der Waals surface area contributed by atoms with Crippen LogP contribution in [0.1, 0.15) is 17.7 Å². The maximum absolute atomic E-state index is 13.4. The molecule has 0 fully saturated rings. The van der Waals surface area contributed by atoms with Gasteiger partial charge in [-0.3, -0.25) is 0 Å². The fourth-order valence-corrected chi connectivity index (χ4v) is 3.24. The number of sulfone groups is 1. The van der Waals surface area contributed by atoms with Crippen molar-refractivity contribution in [2.45, 2.75) is 17.1 Å². The van der Waals surface area contributed by atoms with E-state index < -0.39 is 20.9 Å². The van der Waals surface area contributed by atoms with Crippen LogP contribution >= 0.6 is 0 Å². The topological polar surface area (TPSA) is 60.2 Å². The second kappa shape index (κ2) is 5.01. The van der Waals surface area contributed by atoms with Gasteiger partial charge in [-0.1, -0.05) is 30.3 Å². The molecule has 0 heterocycles. The van der Waals surface area contributed by atoms with Crippen LogP contribution in [0, 0.1) is 5.82 Å². The molecule has 5 heteroatoms. The molecule has 0 aromatic heterocycles. The number of rotatable bonds is 3. The Bertz CT molecular complexity index is 684. The molecule has 2 aromatic rings. The molecule has 0 spiro atoms. The van der Waals surface area contributed by atoms with Crippen LogP contribution in [0.5, 0.6) is 0 Å². The average Bonchev–Trinajstić information content (AvgIpc) is 2.41. The fourth-order valence-electron chi connectivity index (χ4n) is 1.79. The van der Waals surface area contributed by atoms with Gasteiger partial charge >= 0.3 is 0 Å². The Balaban J connectivity index is 2.45. The van der Waals surface area contributed by atoms with E-state index in [0.717, 1.165) is 6.07 Å². The van der Waals surface area contributed by atoms with Crippen molar-refractivity contribution < 1.29 is 12.8 Å². The van der Waals surface area contributed by atoms with Crippen molar-refractivity contribution in [2.24, 2.45) is 0 Å². The van der Waals surface area contributed by atoms with E-state index in [1.807, 2.05) is 6.07 Å². The summed E-state index contributed by atoms with van der Waals surface area (Å²) in [5, 5.41) is -0.739. The first-order chi connectivity index (χ1) is 8.93. The van der Waals surface area contributed by atoms with Crippen LogP contribution in [0.15, 0.2) is 53.4 Å². The first kappa shape index (κ1) is 13.5. The van der Waals surface area contributed by atoms with Crippen LogP contribution in [0.3, 0.4) is 0 Å². The molecule has 0 saturated heterocycles. The van der Waals surface area contributed by atoms with Crippen molar-refractivity contribution in [3.8, 4) is 0 Å². The highest BCUT2D eigenvalue weighted by Crippen LogP contribution is 2.29. The number of hydrogen-bond acceptors (Lipinski definition) is 3. The smallest absolute Gasteiger partial charge is 0.185 e. The van der Waals surface area contributed by atoms with E-state index in [4.69, 9.17) is 5.73 Å². The summed E-state index contributed by atoms with van der Waals surface area (Å²) in [4.78, 5) is -0.0597. The Morgan fingerprint density at radius 1 is 1.11 bits per heavy atom. The molecular formula is C14H14FNO2S. The van der Waals surface area contributed by atoms with E-state index in [1.54, 1.807) is 31.2 Å². The summed E-state index contributed by atoms with van der Waals surface area (Å²) >= 11 is 0. The maximum Gasteiger partial charge on any atom is 0.185 e. The van der Waals surface area contributed by atoms with Crippen molar-refractivity contribution in [3.63, 3.8) is 0 Å². The van der Waals surface area contributed by atoms with Crippen LogP contribution in [0.25, 0.3) is 0 Å². The molecule has 0 amide bonds. The molecule has 0 saturated carbocycles. The zero-order valence-electron chi connectivity index (χ0n) is 10.4. The lowest BCUT2D eigenvalue weighted by Crippen LogP contribution is -2.11. The lowest BCUT2D eigenvalue weighted by molar-refractivity contribution is 0.582. The van der Waals surface area contributed by atoms with E-state index in [0.29, 0.717) is 5.56 Å². The lowest BCUT2D eigenvalue weighted by atomic mass is 10.2. The third-order valence-electron chi connectivity index (χ3n) is 3.03. The van der Waals surface area contributed by atoms with Crippen molar-refractivity contribution in [3.05, 3.63) is 59.9 Å². The third-order valence-corrected chi connectivity index (χ3v) is 5.15. The fraction of sp³-hybridized carbons (Fsp3) is 0.143. The summed E-state index contributed by atoms with van der Waals surface area (Å²) in [5.41, 5.74) is 5.95. The monoisotopic (exact) mass is 279 g/mol. The molecule has 0 aliphatic heterocycles. The Morgan fingerprint density at radius 2 is 1.74 bits per heavy atom. The minimum absolute atomic E-state index is 0.0597. The third kappa shape index (κ3) is 2.61. The average molecular weight is 279 g/mol. The van der Waals surface area contributed by atoms with Gasteiger partial charge in [0.2, 0.25) is 0 Å². The molecule has 2 N–H and O–H groups in total. The normalized spacial score (nSPS) is 13.2. The first-order valence-corrected chi connectivity index (χ1v) is 7.31. The van der Waals surface area contributed by atoms with Crippen LogP contribution in [0.4, 0.5) is 10.1 Å². The predicted octanol–water partition coefficient (Wildman–Crippen LogP) is 2.94. The van der Waals surface area contributed by atoms with Crippen LogP contribution in [-0.2, 0) is 9.84 Å². The van der Waals surface area contributed by atoms with Crippen molar-refractivity contribution in [1.82, 2.24) is 0 Å². The highest BCUT2D eigenvalue weighted by Gasteiger charge is 2.25. The highest BCUT2D eigenvalue weighted by molar-refractivity contribution is 7.91. The molecule has 0 radical (unpaired) electrons. The quantitative estimate of drug-likeness (QED) is 0.879. The first-order valence-electron chi connectivity index (χ1n) is 5.77. The van der Waals surface area contributed by atoms with E-state index in [9.17, 15) is 12.8 Å². The summed E-state index contributed by atoms with van der Waals surface area (Å²) in [6, 6.07) is 12.4. The Hall–Kier alpha value is -1.88. The summed E-state index contributed by atoms with van der Waals surface area (Å²) in [6.45, 7) is 1.58. The van der Waals surface area contributed by atoms with E-state index in [1.165, 1.54) is 12.1 Å². The summed E-state index contributed by atoms with van der Waals surface area (Å²) in [6.07, 6.45) is 0. The largest absolute Gasteiger partial charge is 0.396 e. The molecular weight excluding hydrogens is 265 g/mol. The molecule has 0 aliphatic rings. The van der Waals surface area contributed by atoms with Gasteiger partial charge in [0.05, 0.1) is 15.8 Å². The second-order valence-corrected chi connectivity index (χ2v) is 6.55. The maximum atomic E-state index is 13.4. The SMILES string of the molecule is CC(c1ccccc1)S(=O)(=O)c1ccc(N)c(F)c1. The Kier molecular flexibility index (Phi) is 3.57.